The van der Waals surface area contributed by atoms with Crippen molar-refractivity contribution >= 4 is 34.8 Å². The van der Waals surface area contributed by atoms with Crippen LogP contribution in [-0.4, -0.2) is 22.5 Å². The van der Waals surface area contributed by atoms with Gasteiger partial charge >= 0.3 is 0 Å². The van der Waals surface area contributed by atoms with Crippen molar-refractivity contribution in [2.24, 2.45) is 0 Å². The second-order valence-corrected chi connectivity index (χ2v) is 5.45. The lowest BCUT2D eigenvalue weighted by Gasteiger charge is -2.29. The quantitative estimate of drug-likeness (QED) is 0.797. The second-order valence-electron chi connectivity index (χ2n) is 4.63. The minimum absolute atomic E-state index is 0.0197. The van der Waals surface area contributed by atoms with E-state index in [1.165, 1.54) is 0 Å². The molecule has 1 aromatic heterocycles. The molecular weight excluding hydrogens is 313 g/mol. The van der Waals surface area contributed by atoms with E-state index in [1.807, 2.05) is 6.92 Å². The van der Waals surface area contributed by atoms with E-state index >= 15 is 0 Å². The number of anilines is 1. The first-order valence-electron chi connectivity index (χ1n) is 6.26. The molecule has 0 saturated heterocycles. The third-order valence-corrected chi connectivity index (χ3v) is 3.46. The molecule has 2 heterocycles. The highest BCUT2D eigenvalue weighted by atomic mass is 35.5. The SMILES string of the molecule is Cc1cc(Cl)nc(CN2C(=O)COc3ccc(Cl)cc32)n1. The van der Waals surface area contributed by atoms with Gasteiger partial charge in [-0.15, -0.1) is 0 Å². The van der Waals surface area contributed by atoms with Crippen LogP contribution in [0.4, 0.5) is 5.69 Å². The van der Waals surface area contributed by atoms with Crippen molar-refractivity contribution in [1.29, 1.82) is 0 Å². The van der Waals surface area contributed by atoms with Crippen molar-refractivity contribution in [3.63, 3.8) is 0 Å². The molecule has 0 fully saturated rings. The summed E-state index contributed by atoms with van der Waals surface area (Å²) in [4.78, 5) is 22.1. The Morgan fingerprint density at radius 3 is 2.86 bits per heavy atom. The lowest BCUT2D eigenvalue weighted by Crippen LogP contribution is -2.38. The Bertz CT molecular complexity index is 701. The summed E-state index contributed by atoms with van der Waals surface area (Å²) < 4.78 is 5.39. The zero-order valence-electron chi connectivity index (χ0n) is 11.1. The third kappa shape index (κ3) is 2.94. The minimum Gasteiger partial charge on any atom is -0.482 e. The molecule has 0 N–H and O–H groups in total. The van der Waals surface area contributed by atoms with Crippen LogP contribution < -0.4 is 9.64 Å². The predicted octanol–water partition coefficient (Wildman–Crippen LogP) is 3.02. The Kier molecular flexibility index (Phi) is 3.69. The molecule has 1 aromatic carbocycles. The molecule has 1 aliphatic rings. The molecule has 0 bridgehead atoms. The number of carbonyl (C=O) groups excluding carboxylic acids is 1. The first kappa shape index (κ1) is 14.1. The van der Waals surface area contributed by atoms with Crippen LogP contribution in [0.3, 0.4) is 0 Å². The van der Waals surface area contributed by atoms with Gasteiger partial charge < -0.3 is 4.74 Å². The van der Waals surface area contributed by atoms with Gasteiger partial charge in [0.05, 0.1) is 12.2 Å². The molecule has 5 nitrogen and oxygen atoms in total. The Labute approximate surface area is 131 Å². The van der Waals surface area contributed by atoms with E-state index in [4.69, 9.17) is 27.9 Å². The summed E-state index contributed by atoms with van der Waals surface area (Å²) in [5.41, 5.74) is 1.36. The number of aromatic nitrogens is 2. The Morgan fingerprint density at radius 2 is 2.10 bits per heavy atom. The summed E-state index contributed by atoms with van der Waals surface area (Å²) in [6.45, 7) is 2.02. The number of carbonyl (C=O) groups is 1. The second kappa shape index (κ2) is 5.50. The molecule has 7 heteroatoms. The van der Waals surface area contributed by atoms with E-state index in [0.717, 1.165) is 5.69 Å². The highest BCUT2D eigenvalue weighted by Crippen LogP contribution is 2.35. The van der Waals surface area contributed by atoms with Crippen LogP contribution in [0.2, 0.25) is 10.2 Å². The van der Waals surface area contributed by atoms with Crippen LogP contribution in [0.15, 0.2) is 24.3 Å². The van der Waals surface area contributed by atoms with Crippen molar-refractivity contribution in [2.45, 2.75) is 13.5 Å². The fraction of sp³-hybridized carbons (Fsp3) is 0.214. The maximum Gasteiger partial charge on any atom is 0.265 e. The number of fused-ring (bicyclic) bond motifs is 1. The smallest absolute Gasteiger partial charge is 0.265 e. The zero-order chi connectivity index (χ0) is 15.0. The fourth-order valence-electron chi connectivity index (χ4n) is 2.15. The van der Waals surface area contributed by atoms with E-state index in [-0.39, 0.29) is 19.1 Å². The predicted molar refractivity (Wildman–Crippen MR) is 79.9 cm³/mol. The van der Waals surface area contributed by atoms with Gasteiger partial charge in [-0.3, -0.25) is 9.69 Å². The van der Waals surface area contributed by atoms with Gasteiger partial charge in [0.1, 0.15) is 16.7 Å². The Hall–Kier alpha value is -1.85. The molecule has 21 heavy (non-hydrogen) atoms. The maximum absolute atomic E-state index is 12.1. The number of halogens is 2. The van der Waals surface area contributed by atoms with Gasteiger partial charge in [-0.25, -0.2) is 9.97 Å². The van der Waals surface area contributed by atoms with E-state index in [2.05, 4.69) is 9.97 Å². The number of hydrogen-bond acceptors (Lipinski definition) is 4. The van der Waals surface area contributed by atoms with E-state index in [9.17, 15) is 4.79 Å². The van der Waals surface area contributed by atoms with Crippen molar-refractivity contribution < 1.29 is 9.53 Å². The number of benzene rings is 1. The zero-order valence-corrected chi connectivity index (χ0v) is 12.6. The lowest BCUT2D eigenvalue weighted by molar-refractivity contribution is -0.121. The van der Waals surface area contributed by atoms with Crippen molar-refractivity contribution in [2.75, 3.05) is 11.5 Å². The van der Waals surface area contributed by atoms with Crippen molar-refractivity contribution in [1.82, 2.24) is 9.97 Å². The molecule has 1 amide bonds. The van der Waals surface area contributed by atoms with Crippen LogP contribution in [0.25, 0.3) is 0 Å². The van der Waals surface area contributed by atoms with Gasteiger partial charge in [-0.2, -0.15) is 0 Å². The fourth-order valence-corrected chi connectivity index (χ4v) is 2.57. The molecule has 2 aromatic rings. The first-order valence-corrected chi connectivity index (χ1v) is 7.01. The van der Waals surface area contributed by atoms with Crippen molar-refractivity contribution in [3.8, 4) is 5.75 Å². The molecule has 1 aliphatic heterocycles. The summed E-state index contributed by atoms with van der Waals surface area (Å²) in [5.74, 6) is 0.907. The molecular formula is C14H11Cl2N3O2. The molecule has 0 unspecified atom stereocenters. The average Bonchev–Trinajstić information content (AvgIpc) is 2.41. The van der Waals surface area contributed by atoms with Crippen LogP contribution in [0, 0.1) is 6.92 Å². The summed E-state index contributed by atoms with van der Waals surface area (Å²) in [7, 11) is 0. The normalized spacial score (nSPS) is 13.9. The molecule has 0 radical (unpaired) electrons. The monoisotopic (exact) mass is 323 g/mol. The molecule has 0 aliphatic carbocycles. The average molecular weight is 324 g/mol. The van der Waals surface area contributed by atoms with Gasteiger partial charge in [0.15, 0.2) is 6.61 Å². The number of nitrogens with zero attached hydrogens (tertiary/aromatic N) is 3. The lowest BCUT2D eigenvalue weighted by atomic mass is 10.2. The minimum atomic E-state index is -0.175. The van der Waals surface area contributed by atoms with Crippen LogP contribution in [-0.2, 0) is 11.3 Å². The summed E-state index contributed by atoms with van der Waals surface area (Å²) in [5, 5.41) is 0.879. The van der Waals surface area contributed by atoms with Gasteiger partial charge in [0.25, 0.3) is 5.91 Å². The maximum atomic E-state index is 12.1. The number of amides is 1. The topological polar surface area (TPSA) is 55.3 Å². The van der Waals surface area contributed by atoms with E-state index in [1.54, 1.807) is 29.2 Å². The van der Waals surface area contributed by atoms with Gasteiger partial charge in [0.2, 0.25) is 0 Å². The Morgan fingerprint density at radius 1 is 1.29 bits per heavy atom. The van der Waals surface area contributed by atoms with Crippen LogP contribution in [0.5, 0.6) is 5.75 Å². The summed E-state index contributed by atoms with van der Waals surface area (Å²) in [6.07, 6.45) is 0. The molecule has 0 spiro atoms. The van der Waals surface area contributed by atoms with Crippen molar-refractivity contribution in [3.05, 3.63) is 46.0 Å². The number of rotatable bonds is 2. The molecule has 3 rings (SSSR count). The number of ether oxygens (including phenoxy) is 1. The van der Waals surface area contributed by atoms with Gasteiger partial charge in [0, 0.05) is 10.7 Å². The standard InChI is InChI=1S/C14H11Cl2N3O2/c1-8-4-12(16)18-13(17-8)6-19-10-5-9(15)2-3-11(10)21-7-14(19)20/h2-5H,6-7H2,1H3. The van der Waals surface area contributed by atoms with Crippen LogP contribution in [0.1, 0.15) is 11.5 Å². The van der Waals surface area contributed by atoms with Gasteiger partial charge in [-0.1, -0.05) is 23.2 Å². The number of aryl methyl sites for hydroxylation is 1. The summed E-state index contributed by atoms with van der Waals surface area (Å²) >= 11 is 11.9. The molecule has 108 valence electrons. The summed E-state index contributed by atoms with van der Waals surface area (Å²) in [6, 6.07) is 6.80. The van der Waals surface area contributed by atoms with E-state index < -0.39 is 0 Å². The van der Waals surface area contributed by atoms with Gasteiger partial charge in [-0.05, 0) is 31.2 Å². The number of hydrogen-bond donors (Lipinski definition) is 0. The van der Waals surface area contributed by atoms with E-state index in [0.29, 0.717) is 27.4 Å². The first-order chi connectivity index (χ1) is 10.0. The molecule has 0 atom stereocenters. The highest BCUT2D eigenvalue weighted by molar-refractivity contribution is 6.31. The molecule has 0 saturated carbocycles. The van der Waals surface area contributed by atoms with Crippen LogP contribution >= 0.6 is 23.2 Å². The largest absolute Gasteiger partial charge is 0.482 e. The third-order valence-electron chi connectivity index (χ3n) is 3.03. The highest BCUT2D eigenvalue weighted by Gasteiger charge is 2.26. The Balaban J connectivity index is 1.98.